The van der Waals surface area contributed by atoms with Gasteiger partial charge in [0, 0.05) is 6.54 Å². The molecular formula is C9H14N2O4. The van der Waals surface area contributed by atoms with Crippen molar-refractivity contribution in [2.45, 2.75) is 26.0 Å². The molecule has 15 heavy (non-hydrogen) atoms. The predicted molar refractivity (Wildman–Crippen MR) is 51.7 cm³/mol. The van der Waals surface area contributed by atoms with Crippen molar-refractivity contribution in [2.75, 3.05) is 7.11 Å². The number of hydrogen-bond acceptors (Lipinski definition) is 4. The van der Waals surface area contributed by atoms with Crippen molar-refractivity contribution < 1.29 is 19.7 Å². The van der Waals surface area contributed by atoms with E-state index in [-0.39, 0.29) is 5.69 Å². The molecule has 1 heterocycles. The Morgan fingerprint density at radius 2 is 2.40 bits per heavy atom. The summed E-state index contributed by atoms with van der Waals surface area (Å²) in [6.45, 7) is 2.48. The van der Waals surface area contributed by atoms with E-state index >= 15 is 0 Å². The van der Waals surface area contributed by atoms with E-state index in [1.807, 2.05) is 6.92 Å². The summed E-state index contributed by atoms with van der Waals surface area (Å²) in [7, 11) is 1.41. The molecule has 0 amide bonds. The molecule has 84 valence electrons. The second-order valence-corrected chi connectivity index (χ2v) is 3.06. The van der Waals surface area contributed by atoms with Gasteiger partial charge in [-0.1, -0.05) is 6.92 Å². The van der Waals surface area contributed by atoms with Crippen molar-refractivity contribution >= 4 is 5.97 Å². The average molecular weight is 214 g/mol. The minimum Gasteiger partial charge on any atom is -0.493 e. The zero-order valence-electron chi connectivity index (χ0n) is 8.67. The number of rotatable bonds is 5. The maximum absolute atomic E-state index is 10.7. The summed E-state index contributed by atoms with van der Waals surface area (Å²) in [6, 6.07) is 0. The van der Waals surface area contributed by atoms with E-state index in [1.165, 1.54) is 18.0 Å². The molecule has 0 bridgehead atoms. The summed E-state index contributed by atoms with van der Waals surface area (Å²) >= 11 is 0. The SMILES string of the molecule is CCCn1ncc(OC)c1C(O)C(=O)O. The lowest BCUT2D eigenvalue weighted by Crippen LogP contribution is -2.17. The lowest BCUT2D eigenvalue weighted by molar-refractivity contribution is -0.147. The van der Waals surface area contributed by atoms with Crippen LogP contribution in [0.5, 0.6) is 5.75 Å². The zero-order chi connectivity index (χ0) is 11.4. The summed E-state index contributed by atoms with van der Waals surface area (Å²) < 4.78 is 6.38. The smallest absolute Gasteiger partial charge is 0.339 e. The first-order valence-electron chi connectivity index (χ1n) is 4.62. The van der Waals surface area contributed by atoms with Crippen LogP contribution < -0.4 is 4.74 Å². The van der Waals surface area contributed by atoms with Gasteiger partial charge >= 0.3 is 5.97 Å². The topological polar surface area (TPSA) is 84.6 Å². The Hall–Kier alpha value is -1.56. The Labute approximate surface area is 87.1 Å². The molecule has 1 unspecified atom stereocenters. The molecule has 6 heteroatoms. The van der Waals surface area contributed by atoms with Crippen LogP contribution in [0, 0.1) is 0 Å². The highest BCUT2D eigenvalue weighted by molar-refractivity contribution is 5.74. The molecule has 0 aromatic carbocycles. The predicted octanol–water partition coefficient (Wildman–Crippen LogP) is 0.420. The first-order valence-corrected chi connectivity index (χ1v) is 4.62. The van der Waals surface area contributed by atoms with Gasteiger partial charge in [-0.15, -0.1) is 0 Å². The number of hydrogen-bond donors (Lipinski definition) is 2. The van der Waals surface area contributed by atoms with E-state index < -0.39 is 12.1 Å². The van der Waals surface area contributed by atoms with Gasteiger partial charge in [0.1, 0.15) is 5.69 Å². The van der Waals surface area contributed by atoms with Gasteiger partial charge < -0.3 is 14.9 Å². The quantitative estimate of drug-likeness (QED) is 0.742. The van der Waals surface area contributed by atoms with Gasteiger partial charge in [-0.25, -0.2) is 4.79 Å². The van der Waals surface area contributed by atoms with Crippen molar-refractivity contribution in [2.24, 2.45) is 0 Å². The highest BCUT2D eigenvalue weighted by Gasteiger charge is 2.25. The molecule has 0 spiro atoms. The number of nitrogens with zero attached hydrogens (tertiary/aromatic N) is 2. The average Bonchev–Trinajstić information content (AvgIpc) is 2.60. The number of aliphatic hydroxyl groups excluding tert-OH is 1. The zero-order valence-corrected chi connectivity index (χ0v) is 8.67. The standard InChI is InChI=1S/C9H14N2O4/c1-3-4-11-7(8(12)9(13)14)6(15-2)5-10-11/h5,8,12H,3-4H2,1-2H3,(H,13,14). The molecule has 1 aromatic heterocycles. The number of methoxy groups -OCH3 is 1. The number of carboxylic acids is 1. The van der Waals surface area contributed by atoms with Gasteiger partial charge in [0.15, 0.2) is 11.9 Å². The summed E-state index contributed by atoms with van der Waals surface area (Å²) in [6.07, 6.45) is 0.593. The summed E-state index contributed by atoms with van der Waals surface area (Å²) in [4.78, 5) is 10.7. The Morgan fingerprint density at radius 1 is 1.73 bits per heavy atom. The third kappa shape index (κ3) is 2.27. The molecule has 1 atom stereocenters. The highest BCUT2D eigenvalue weighted by Crippen LogP contribution is 2.25. The van der Waals surface area contributed by atoms with E-state index in [9.17, 15) is 9.90 Å². The minimum absolute atomic E-state index is 0.187. The normalized spacial score (nSPS) is 12.5. The first-order chi connectivity index (χ1) is 7.11. The minimum atomic E-state index is -1.60. The van der Waals surface area contributed by atoms with E-state index in [0.717, 1.165) is 6.42 Å². The van der Waals surface area contributed by atoms with Crippen LogP contribution in [0.1, 0.15) is 25.1 Å². The van der Waals surface area contributed by atoms with Crippen LogP contribution in [-0.2, 0) is 11.3 Å². The molecule has 0 aliphatic rings. The number of aryl methyl sites for hydroxylation is 1. The van der Waals surface area contributed by atoms with Crippen LogP contribution in [0.25, 0.3) is 0 Å². The number of aliphatic carboxylic acids is 1. The molecule has 1 rings (SSSR count). The van der Waals surface area contributed by atoms with Crippen LogP contribution in [-0.4, -0.2) is 33.1 Å². The van der Waals surface area contributed by atoms with E-state index in [2.05, 4.69) is 5.10 Å². The van der Waals surface area contributed by atoms with Crippen LogP contribution in [0.2, 0.25) is 0 Å². The van der Waals surface area contributed by atoms with Gasteiger partial charge in [-0.2, -0.15) is 5.10 Å². The number of carboxylic acid groups (broad SMARTS) is 1. The second-order valence-electron chi connectivity index (χ2n) is 3.06. The Balaban J connectivity index is 3.09. The third-order valence-corrected chi connectivity index (χ3v) is 1.99. The number of aliphatic hydroxyl groups is 1. The Bertz CT molecular complexity index is 348. The molecule has 1 aromatic rings. The van der Waals surface area contributed by atoms with Gasteiger partial charge in [-0.3, -0.25) is 4.68 Å². The molecule has 0 saturated heterocycles. The lowest BCUT2D eigenvalue weighted by Gasteiger charge is -2.10. The maximum Gasteiger partial charge on any atom is 0.339 e. The molecule has 0 saturated carbocycles. The van der Waals surface area contributed by atoms with Gasteiger partial charge in [0.25, 0.3) is 0 Å². The Kier molecular flexibility index (Phi) is 3.68. The maximum atomic E-state index is 10.7. The molecular weight excluding hydrogens is 200 g/mol. The van der Waals surface area contributed by atoms with Crippen molar-refractivity contribution in [1.82, 2.24) is 9.78 Å². The molecule has 0 aliphatic carbocycles. The van der Waals surface area contributed by atoms with Crippen molar-refractivity contribution in [3.8, 4) is 5.75 Å². The van der Waals surface area contributed by atoms with E-state index in [0.29, 0.717) is 12.3 Å². The fraction of sp³-hybridized carbons (Fsp3) is 0.556. The molecule has 6 nitrogen and oxygen atoms in total. The van der Waals surface area contributed by atoms with Crippen molar-refractivity contribution in [3.05, 3.63) is 11.9 Å². The van der Waals surface area contributed by atoms with E-state index in [1.54, 1.807) is 0 Å². The molecule has 0 aliphatic heterocycles. The number of carbonyl (C=O) groups is 1. The van der Waals surface area contributed by atoms with Gasteiger partial charge in [0.2, 0.25) is 0 Å². The lowest BCUT2D eigenvalue weighted by atomic mass is 10.2. The van der Waals surface area contributed by atoms with Crippen LogP contribution >= 0.6 is 0 Å². The van der Waals surface area contributed by atoms with Crippen molar-refractivity contribution in [1.29, 1.82) is 0 Å². The highest BCUT2D eigenvalue weighted by atomic mass is 16.5. The third-order valence-electron chi connectivity index (χ3n) is 1.99. The fourth-order valence-electron chi connectivity index (χ4n) is 1.32. The fourth-order valence-corrected chi connectivity index (χ4v) is 1.32. The monoisotopic (exact) mass is 214 g/mol. The number of ether oxygens (including phenoxy) is 1. The van der Waals surface area contributed by atoms with Crippen LogP contribution in [0.3, 0.4) is 0 Å². The first kappa shape index (κ1) is 11.5. The summed E-state index contributed by atoms with van der Waals surface area (Å²) in [5.41, 5.74) is 0.187. The molecule has 0 radical (unpaired) electrons. The van der Waals surface area contributed by atoms with Crippen LogP contribution in [0.15, 0.2) is 6.20 Å². The number of aromatic nitrogens is 2. The Morgan fingerprint density at radius 3 is 2.87 bits per heavy atom. The second kappa shape index (κ2) is 4.79. The van der Waals surface area contributed by atoms with Crippen LogP contribution in [0.4, 0.5) is 0 Å². The van der Waals surface area contributed by atoms with Gasteiger partial charge in [0.05, 0.1) is 13.3 Å². The summed E-state index contributed by atoms with van der Waals surface area (Å²) in [5, 5.41) is 22.1. The van der Waals surface area contributed by atoms with E-state index in [4.69, 9.17) is 9.84 Å². The molecule has 0 fully saturated rings. The largest absolute Gasteiger partial charge is 0.493 e. The van der Waals surface area contributed by atoms with Gasteiger partial charge in [-0.05, 0) is 6.42 Å². The molecule has 2 N–H and O–H groups in total. The van der Waals surface area contributed by atoms with Crippen molar-refractivity contribution in [3.63, 3.8) is 0 Å². The summed E-state index contributed by atoms with van der Waals surface area (Å²) in [5.74, 6) is -1.02.